The largest absolute Gasteiger partial charge is 0.143 e. The number of allylic oxidation sites excluding steroid dienone is 1. The normalized spacial score (nSPS) is 10.4. The predicted molar refractivity (Wildman–Crippen MR) is 56.5 cm³/mol. The number of fused-ring (bicyclic) bond motifs is 1. The van der Waals surface area contributed by atoms with Crippen LogP contribution in [-0.4, -0.2) is 0 Å². The average Bonchev–Trinajstić information content (AvgIpc) is 2.49. The van der Waals surface area contributed by atoms with E-state index in [4.69, 9.17) is 0 Å². The molecule has 0 aliphatic carbocycles. The van der Waals surface area contributed by atoms with Crippen LogP contribution < -0.4 is 0 Å². The van der Waals surface area contributed by atoms with Crippen LogP contribution in [0, 0.1) is 0 Å². The molecule has 1 heteroatoms. The van der Waals surface area contributed by atoms with Crippen LogP contribution in [0.25, 0.3) is 15.7 Å². The molecule has 2 aromatic rings. The molecule has 1 aromatic carbocycles. The van der Waals surface area contributed by atoms with Crippen LogP contribution in [0.4, 0.5) is 0 Å². The van der Waals surface area contributed by atoms with Gasteiger partial charge in [0.25, 0.3) is 0 Å². The lowest BCUT2D eigenvalue weighted by molar-refractivity contribution is 1.67. The summed E-state index contributed by atoms with van der Waals surface area (Å²) in [7, 11) is 0. The fourth-order valence-electron chi connectivity index (χ4n) is 1.33. The Hall–Kier alpha value is -1.08. The van der Waals surface area contributed by atoms with E-state index in [1.807, 2.05) is 0 Å². The van der Waals surface area contributed by atoms with E-state index < -0.39 is 0 Å². The fourth-order valence-corrected chi connectivity index (χ4v) is 2.32. The molecule has 0 atom stereocenters. The highest BCUT2D eigenvalue weighted by molar-refractivity contribution is 7.17. The van der Waals surface area contributed by atoms with Crippen LogP contribution in [0.1, 0.15) is 12.5 Å². The predicted octanol–water partition coefficient (Wildman–Crippen LogP) is 3.93. The van der Waals surface area contributed by atoms with Gasteiger partial charge in [0.05, 0.1) is 0 Å². The van der Waals surface area contributed by atoms with Crippen LogP contribution >= 0.6 is 11.3 Å². The summed E-state index contributed by atoms with van der Waals surface area (Å²) >= 11 is 1.78. The van der Waals surface area contributed by atoms with Crippen molar-refractivity contribution in [3.05, 3.63) is 41.8 Å². The van der Waals surface area contributed by atoms with Gasteiger partial charge in [-0.05, 0) is 34.9 Å². The van der Waals surface area contributed by atoms with Gasteiger partial charge in [0, 0.05) is 4.70 Å². The first-order valence-corrected chi connectivity index (χ1v) is 4.79. The van der Waals surface area contributed by atoms with Gasteiger partial charge in [-0.25, -0.2) is 0 Å². The van der Waals surface area contributed by atoms with E-state index in [9.17, 15) is 0 Å². The first-order chi connectivity index (χ1) is 5.79. The average molecular weight is 174 g/mol. The third kappa shape index (κ3) is 1.07. The molecule has 0 amide bonds. The van der Waals surface area contributed by atoms with Crippen molar-refractivity contribution in [2.45, 2.75) is 6.92 Å². The number of benzene rings is 1. The van der Waals surface area contributed by atoms with Crippen LogP contribution in [-0.2, 0) is 0 Å². The number of thiophene rings is 1. The monoisotopic (exact) mass is 174 g/mol. The molecule has 0 bridgehead atoms. The van der Waals surface area contributed by atoms with Crippen molar-refractivity contribution in [1.82, 2.24) is 0 Å². The van der Waals surface area contributed by atoms with Crippen molar-refractivity contribution in [2.75, 3.05) is 0 Å². The lowest BCUT2D eigenvalue weighted by Gasteiger charge is -1.99. The van der Waals surface area contributed by atoms with Crippen LogP contribution in [0.2, 0.25) is 0 Å². The van der Waals surface area contributed by atoms with Crippen LogP contribution in [0.3, 0.4) is 0 Å². The second kappa shape index (κ2) is 2.76. The van der Waals surface area contributed by atoms with Crippen molar-refractivity contribution in [3.63, 3.8) is 0 Å². The Morgan fingerprint density at radius 2 is 2.17 bits per heavy atom. The molecule has 0 saturated heterocycles. The molecule has 0 saturated carbocycles. The van der Waals surface area contributed by atoms with E-state index in [-0.39, 0.29) is 0 Å². The lowest BCUT2D eigenvalue weighted by Crippen LogP contribution is -1.76. The van der Waals surface area contributed by atoms with Crippen molar-refractivity contribution < 1.29 is 0 Å². The second-order valence-electron chi connectivity index (χ2n) is 2.92. The summed E-state index contributed by atoms with van der Waals surface area (Å²) in [6.45, 7) is 6.01. The highest BCUT2D eigenvalue weighted by atomic mass is 32.1. The summed E-state index contributed by atoms with van der Waals surface area (Å²) < 4.78 is 1.35. The summed E-state index contributed by atoms with van der Waals surface area (Å²) in [5, 5.41) is 3.44. The Kier molecular flexibility index (Phi) is 1.74. The van der Waals surface area contributed by atoms with Gasteiger partial charge in [0.1, 0.15) is 0 Å². The molecule has 0 fully saturated rings. The molecule has 0 unspecified atom stereocenters. The highest BCUT2D eigenvalue weighted by Crippen LogP contribution is 2.28. The molecule has 1 aromatic heterocycles. The molecule has 0 aliphatic heterocycles. The zero-order chi connectivity index (χ0) is 8.55. The Bertz CT molecular complexity index is 423. The summed E-state index contributed by atoms with van der Waals surface area (Å²) in [5.41, 5.74) is 2.42. The van der Waals surface area contributed by atoms with E-state index >= 15 is 0 Å². The van der Waals surface area contributed by atoms with Crippen molar-refractivity contribution >= 4 is 27.0 Å². The van der Waals surface area contributed by atoms with Crippen LogP contribution in [0.5, 0.6) is 0 Å². The van der Waals surface area contributed by atoms with E-state index in [2.05, 4.69) is 43.1 Å². The van der Waals surface area contributed by atoms with Gasteiger partial charge in [0.15, 0.2) is 0 Å². The maximum absolute atomic E-state index is 3.96. The smallest absolute Gasteiger partial charge is 0.0417 e. The third-order valence-electron chi connectivity index (χ3n) is 1.94. The minimum absolute atomic E-state index is 1.14. The SMILES string of the molecule is C=C(C)c1cccc2ccsc12. The molecular formula is C11H10S. The second-order valence-corrected chi connectivity index (χ2v) is 3.84. The van der Waals surface area contributed by atoms with Gasteiger partial charge in [-0.1, -0.05) is 24.8 Å². The minimum Gasteiger partial charge on any atom is -0.143 e. The highest BCUT2D eigenvalue weighted by Gasteiger charge is 2.00. The van der Waals surface area contributed by atoms with Crippen molar-refractivity contribution in [3.8, 4) is 0 Å². The lowest BCUT2D eigenvalue weighted by atomic mass is 10.1. The van der Waals surface area contributed by atoms with Gasteiger partial charge < -0.3 is 0 Å². The summed E-state index contributed by atoms with van der Waals surface area (Å²) in [6, 6.07) is 8.49. The molecule has 0 spiro atoms. The molecular weight excluding hydrogens is 164 g/mol. The van der Waals surface area contributed by atoms with E-state index in [1.165, 1.54) is 15.6 Å². The van der Waals surface area contributed by atoms with E-state index in [1.54, 1.807) is 11.3 Å². The maximum atomic E-state index is 3.96. The summed E-state index contributed by atoms with van der Waals surface area (Å²) in [5.74, 6) is 0. The maximum Gasteiger partial charge on any atom is 0.0417 e. The zero-order valence-electron chi connectivity index (χ0n) is 7.00. The molecule has 0 nitrogen and oxygen atoms in total. The molecule has 2 rings (SSSR count). The molecule has 0 N–H and O–H groups in total. The Balaban J connectivity index is 2.82. The zero-order valence-corrected chi connectivity index (χ0v) is 7.82. The summed E-state index contributed by atoms with van der Waals surface area (Å²) in [6.07, 6.45) is 0. The minimum atomic E-state index is 1.14. The van der Waals surface area contributed by atoms with Gasteiger partial charge >= 0.3 is 0 Å². The first kappa shape index (κ1) is 7.56. The van der Waals surface area contributed by atoms with Gasteiger partial charge in [-0.15, -0.1) is 11.3 Å². The fraction of sp³-hybridized carbons (Fsp3) is 0.0909. The number of rotatable bonds is 1. The summed E-state index contributed by atoms with van der Waals surface area (Å²) in [4.78, 5) is 0. The Morgan fingerprint density at radius 1 is 1.33 bits per heavy atom. The Morgan fingerprint density at radius 3 is 2.92 bits per heavy atom. The van der Waals surface area contributed by atoms with E-state index in [0.29, 0.717) is 0 Å². The van der Waals surface area contributed by atoms with Crippen molar-refractivity contribution in [2.24, 2.45) is 0 Å². The van der Waals surface area contributed by atoms with Crippen molar-refractivity contribution in [1.29, 1.82) is 0 Å². The van der Waals surface area contributed by atoms with Gasteiger partial charge in [0.2, 0.25) is 0 Å². The quantitative estimate of drug-likeness (QED) is 0.614. The standard InChI is InChI=1S/C11H10S/c1-8(2)10-5-3-4-9-6-7-12-11(9)10/h3-7H,1H2,2H3. The topological polar surface area (TPSA) is 0 Å². The van der Waals surface area contributed by atoms with Gasteiger partial charge in [-0.3, -0.25) is 0 Å². The van der Waals surface area contributed by atoms with Gasteiger partial charge in [-0.2, -0.15) is 0 Å². The molecule has 12 heavy (non-hydrogen) atoms. The molecule has 1 heterocycles. The van der Waals surface area contributed by atoms with E-state index in [0.717, 1.165) is 5.57 Å². The first-order valence-electron chi connectivity index (χ1n) is 3.91. The third-order valence-corrected chi connectivity index (χ3v) is 2.90. The van der Waals surface area contributed by atoms with Crippen LogP contribution in [0.15, 0.2) is 36.2 Å². The Labute approximate surface area is 76.2 Å². The number of hydrogen-bond acceptors (Lipinski definition) is 1. The molecule has 0 radical (unpaired) electrons. The number of hydrogen-bond donors (Lipinski definition) is 0. The molecule has 0 aliphatic rings. The molecule has 60 valence electrons.